The summed E-state index contributed by atoms with van der Waals surface area (Å²) in [6.45, 7) is 6.19. The fraction of sp³-hybridized carbons (Fsp3) is 0.435. The van der Waals surface area contributed by atoms with Crippen LogP contribution in [0.15, 0.2) is 47.4 Å². The normalized spacial score (nSPS) is 12.5. The van der Waals surface area contributed by atoms with Gasteiger partial charge < -0.3 is 14.8 Å². The number of carbonyl (C=O) groups excluding carboxylic acids is 1. The van der Waals surface area contributed by atoms with Crippen LogP contribution in [-0.2, 0) is 21.2 Å². The van der Waals surface area contributed by atoms with Crippen molar-refractivity contribution in [1.29, 1.82) is 0 Å². The highest BCUT2D eigenvalue weighted by atomic mass is 32.2. The maximum Gasteiger partial charge on any atom is 0.240 e. The number of sulfonamides is 1. The summed E-state index contributed by atoms with van der Waals surface area (Å²) < 4.78 is 37.7. The van der Waals surface area contributed by atoms with Gasteiger partial charge in [-0.1, -0.05) is 32.0 Å². The van der Waals surface area contributed by atoms with Gasteiger partial charge in [-0.15, -0.1) is 0 Å². The highest BCUT2D eigenvalue weighted by molar-refractivity contribution is 7.89. The molecule has 8 heteroatoms. The first-order valence-corrected chi connectivity index (χ1v) is 11.7. The number of nitrogens with one attached hydrogen (secondary N) is 2. The molecule has 7 nitrogen and oxygen atoms in total. The van der Waals surface area contributed by atoms with Crippen LogP contribution >= 0.6 is 0 Å². The number of methoxy groups -OCH3 is 2. The van der Waals surface area contributed by atoms with E-state index in [9.17, 15) is 13.2 Å². The van der Waals surface area contributed by atoms with E-state index in [0.29, 0.717) is 30.9 Å². The Morgan fingerprint density at radius 1 is 0.968 bits per heavy atom. The van der Waals surface area contributed by atoms with Crippen molar-refractivity contribution in [2.24, 2.45) is 5.92 Å². The lowest BCUT2D eigenvalue weighted by atomic mass is 10.1. The van der Waals surface area contributed by atoms with Gasteiger partial charge in [0, 0.05) is 13.0 Å². The van der Waals surface area contributed by atoms with Crippen molar-refractivity contribution in [3.63, 3.8) is 0 Å². The summed E-state index contributed by atoms with van der Waals surface area (Å²) in [5.41, 5.74) is 1.81. The van der Waals surface area contributed by atoms with Gasteiger partial charge in [-0.3, -0.25) is 4.79 Å². The smallest absolute Gasteiger partial charge is 0.240 e. The van der Waals surface area contributed by atoms with Crippen molar-refractivity contribution in [2.75, 3.05) is 20.8 Å². The van der Waals surface area contributed by atoms with Crippen LogP contribution in [0, 0.1) is 5.92 Å². The van der Waals surface area contributed by atoms with Gasteiger partial charge in [0.25, 0.3) is 0 Å². The van der Waals surface area contributed by atoms with E-state index < -0.39 is 10.0 Å². The first kappa shape index (κ1) is 24.7. The lowest BCUT2D eigenvalue weighted by Gasteiger charge is -2.16. The largest absolute Gasteiger partial charge is 0.493 e. The van der Waals surface area contributed by atoms with Crippen molar-refractivity contribution < 1.29 is 22.7 Å². The van der Waals surface area contributed by atoms with E-state index >= 15 is 0 Å². The van der Waals surface area contributed by atoms with Crippen LogP contribution in [0.4, 0.5) is 0 Å². The molecular weight excluding hydrogens is 416 g/mol. The Morgan fingerprint density at radius 3 is 2.19 bits per heavy atom. The molecule has 0 aliphatic rings. The summed E-state index contributed by atoms with van der Waals surface area (Å²) in [4.78, 5) is 12.6. The molecule has 2 aromatic carbocycles. The third-order valence-electron chi connectivity index (χ3n) is 4.84. The van der Waals surface area contributed by atoms with Crippen molar-refractivity contribution in [3.8, 4) is 11.5 Å². The average molecular weight is 449 g/mol. The first-order chi connectivity index (χ1) is 14.7. The molecule has 0 spiro atoms. The molecule has 1 amide bonds. The van der Waals surface area contributed by atoms with E-state index in [1.807, 2.05) is 39.0 Å². The average Bonchev–Trinajstić information content (AvgIpc) is 2.76. The second-order valence-electron chi connectivity index (χ2n) is 7.79. The first-order valence-electron chi connectivity index (χ1n) is 10.3. The summed E-state index contributed by atoms with van der Waals surface area (Å²) in [5, 5.41) is 2.98. The summed E-state index contributed by atoms with van der Waals surface area (Å²) in [7, 11) is -0.362. The third kappa shape index (κ3) is 7.25. The number of benzene rings is 2. The molecule has 2 aromatic rings. The number of hydrogen-bond donors (Lipinski definition) is 2. The minimum atomic E-state index is -3.51. The second kappa shape index (κ2) is 11.2. The second-order valence-corrected chi connectivity index (χ2v) is 9.56. The van der Waals surface area contributed by atoms with Gasteiger partial charge in [0.05, 0.1) is 25.2 Å². The van der Waals surface area contributed by atoms with Crippen molar-refractivity contribution >= 4 is 15.9 Å². The third-order valence-corrected chi connectivity index (χ3v) is 6.28. The Bertz CT molecular complexity index is 972. The molecule has 0 bridgehead atoms. The highest BCUT2D eigenvalue weighted by Crippen LogP contribution is 2.29. The zero-order valence-electron chi connectivity index (χ0n) is 18.8. The van der Waals surface area contributed by atoms with Crippen LogP contribution in [0.25, 0.3) is 0 Å². The van der Waals surface area contributed by atoms with Crippen LogP contribution in [0.3, 0.4) is 0 Å². The number of ether oxygens (including phenoxy) is 2. The molecular formula is C23H32N2O5S. The topological polar surface area (TPSA) is 93.7 Å². The zero-order valence-corrected chi connectivity index (χ0v) is 19.6. The van der Waals surface area contributed by atoms with Crippen LogP contribution < -0.4 is 19.5 Å². The summed E-state index contributed by atoms with van der Waals surface area (Å²) in [5.74, 6) is 1.39. The molecule has 0 aliphatic carbocycles. The number of carbonyl (C=O) groups is 1. The molecule has 2 rings (SSSR count). The quantitative estimate of drug-likeness (QED) is 0.549. The lowest BCUT2D eigenvalue weighted by molar-refractivity contribution is -0.121. The molecule has 31 heavy (non-hydrogen) atoms. The van der Waals surface area contributed by atoms with E-state index in [-0.39, 0.29) is 22.8 Å². The monoisotopic (exact) mass is 448 g/mol. The Labute approximate surface area is 185 Å². The molecule has 0 radical (unpaired) electrons. The summed E-state index contributed by atoms with van der Waals surface area (Å²) in [6.07, 6.45) is 0.819. The number of hydrogen-bond acceptors (Lipinski definition) is 5. The van der Waals surface area contributed by atoms with Gasteiger partial charge in [0.2, 0.25) is 15.9 Å². The lowest BCUT2D eigenvalue weighted by Crippen LogP contribution is -2.27. The highest BCUT2D eigenvalue weighted by Gasteiger charge is 2.15. The Morgan fingerprint density at radius 2 is 1.61 bits per heavy atom. The molecule has 1 atom stereocenters. The van der Waals surface area contributed by atoms with Gasteiger partial charge in [-0.05, 0) is 54.7 Å². The minimum absolute atomic E-state index is 0.0856. The predicted molar refractivity (Wildman–Crippen MR) is 121 cm³/mol. The molecule has 0 aliphatic heterocycles. The molecule has 0 saturated heterocycles. The molecule has 0 heterocycles. The minimum Gasteiger partial charge on any atom is -0.493 e. The fourth-order valence-electron chi connectivity index (χ4n) is 2.97. The number of aryl methyl sites for hydroxylation is 1. The van der Waals surface area contributed by atoms with Gasteiger partial charge in [0.1, 0.15) is 0 Å². The van der Waals surface area contributed by atoms with Crippen LogP contribution in [0.1, 0.15) is 44.4 Å². The molecule has 170 valence electrons. The molecule has 0 fully saturated rings. The van der Waals surface area contributed by atoms with Gasteiger partial charge in [-0.25, -0.2) is 13.1 Å². The van der Waals surface area contributed by atoms with E-state index in [4.69, 9.17) is 9.47 Å². The van der Waals surface area contributed by atoms with E-state index in [2.05, 4.69) is 10.0 Å². The predicted octanol–water partition coefficient (Wildman–Crippen LogP) is 3.45. The van der Waals surface area contributed by atoms with E-state index in [0.717, 1.165) is 11.1 Å². The van der Waals surface area contributed by atoms with E-state index in [1.165, 1.54) is 0 Å². The van der Waals surface area contributed by atoms with Gasteiger partial charge in [0.15, 0.2) is 11.5 Å². The standard InChI is InChI=1S/C23H32N2O5S/c1-16(2)15-24-31(27,28)20-10-6-18(7-11-20)8-13-23(26)25-17(3)19-9-12-21(29-4)22(14-19)30-5/h6-7,9-12,14,16-17,24H,8,13,15H2,1-5H3,(H,25,26). The summed E-state index contributed by atoms with van der Waals surface area (Å²) >= 11 is 0. The van der Waals surface area contributed by atoms with Crippen LogP contribution in [-0.4, -0.2) is 35.1 Å². The fourth-order valence-corrected chi connectivity index (χ4v) is 4.19. The molecule has 2 N–H and O–H groups in total. The molecule has 1 unspecified atom stereocenters. The molecule has 0 aromatic heterocycles. The Balaban J connectivity index is 1.91. The van der Waals surface area contributed by atoms with Crippen molar-refractivity contribution in [3.05, 3.63) is 53.6 Å². The summed E-state index contributed by atoms with van der Waals surface area (Å²) in [6, 6.07) is 12.0. The SMILES string of the molecule is COc1ccc(C(C)NC(=O)CCc2ccc(S(=O)(=O)NCC(C)C)cc2)cc1OC. The van der Waals surface area contributed by atoms with Gasteiger partial charge >= 0.3 is 0 Å². The van der Waals surface area contributed by atoms with Crippen LogP contribution in [0.5, 0.6) is 11.5 Å². The number of amides is 1. The number of rotatable bonds is 11. The Hall–Kier alpha value is -2.58. The zero-order chi connectivity index (χ0) is 23.0. The van der Waals surface area contributed by atoms with Gasteiger partial charge in [-0.2, -0.15) is 0 Å². The van der Waals surface area contributed by atoms with Crippen molar-refractivity contribution in [2.45, 2.75) is 44.6 Å². The maximum absolute atomic E-state index is 12.4. The maximum atomic E-state index is 12.4. The Kier molecular flexibility index (Phi) is 8.88. The van der Waals surface area contributed by atoms with Crippen LogP contribution in [0.2, 0.25) is 0 Å². The van der Waals surface area contributed by atoms with Crippen molar-refractivity contribution in [1.82, 2.24) is 10.0 Å². The van der Waals surface area contributed by atoms with E-state index in [1.54, 1.807) is 38.5 Å². The molecule has 0 saturated carbocycles.